The van der Waals surface area contributed by atoms with E-state index in [1.54, 1.807) is 0 Å². The van der Waals surface area contributed by atoms with E-state index in [9.17, 15) is 5.11 Å². The Bertz CT molecular complexity index is 201. The lowest BCUT2D eigenvalue weighted by atomic mass is 9.90. The van der Waals surface area contributed by atoms with Crippen LogP contribution in [-0.4, -0.2) is 48.3 Å². The minimum atomic E-state index is -0.153. The number of hydrogen-bond donors (Lipinski definition) is 2. The summed E-state index contributed by atoms with van der Waals surface area (Å²) in [6, 6.07) is 0.628. The quantitative estimate of drug-likeness (QED) is 0.654. The molecule has 1 rings (SSSR count). The Hall–Kier alpha value is -0.120. The van der Waals surface area contributed by atoms with Crippen LogP contribution >= 0.6 is 0 Å². The molecule has 1 saturated heterocycles. The zero-order valence-electron chi connectivity index (χ0n) is 12.5. The molecule has 1 heterocycles. The molecule has 0 aromatic carbocycles. The van der Waals surface area contributed by atoms with Gasteiger partial charge in [-0.25, -0.2) is 0 Å². The summed E-state index contributed by atoms with van der Waals surface area (Å²) in [6.07, 6.45) is 5.79. The number of aliphatic hydroxyl groups excluding tert-OH is 1. The highest BCUT2D eigenvalue weighted by Crippen LogP contribution is 2.20. The molecule has 3 heteroatoms. The van der Waals surface area contributed by atoms with Crippen LogP contribution in [0.4, 0.5) is 0 Å². The zero-order valence-corrected chi connectivity index (χ0v) is 12.5. The molecular formula is C15H32N2O. The Labute approximate surface area is 113 Å². The van der Waals surface area contributed by atoms with E-state index in [1.807, 2.05) is 6.92 Å². The van der Waals surface area contributed by atoms with Crippen LogP contribution < -0.4 is 5.32 Å². The molecule has 18 heavy (non-hydrogen) atoms. The maximum absolute atomic E-state index is 9.21. The van der Waals surface area contributed by atoms with Gasteiger partial charge in [0.25, 0.3) is 0 Å². The molecule has 0 aromatic rings. The maximum atomic E-state index is 9.21. The van der Waals surface area contributed by atoms with Crippen LogP contribution in [0.2, 0.25) is 0 Å². The van der Waals surface area contributed by atoms with Crippen LogP contribution in [0.25, 0.3) is 0 Å². The lowest BCUT2D eigenvalue weighted by Gasteiger charge is -2.35. The molecule has 2 N–H and O–H groups in total. The first kappa shape index (κ1) is 15.9. The Kier molecular flexibility index (Phi) is 7.87. The number of likely N-dealkylation sites (tertiary alicyclic amines) is 1. The van der Waals surface area contributed by atoms with E-state index >= 15 is 0 Å². The summed E-state index contributed by atoms with van der Waals surface area (Å²) < 4.78 is 0. The van der Waals surface area contributed by atoms with Gasteiger partial charge in [0.05, 0.1) is 6.10 Å². The SMILES string of the molecule is CCCN1CCC(C(C)NCCCC(C)O)CC1. The van der Waals surface area contributed by atoms with E-state index in [-0.39, 0.29) is 6.10 Å². The molecule has 0 radical (unpaired) electrons. The van der Waals surface area contributed by atoms with Crippen molar-refractivity contribution >= 4 is 0 Å². The molecule has 0 saturated carbocycles. The van der Waals surface area contributed by atoms with Crippen molar-refractivity contribution < 1.29 is 5.11 Å². The van der Waals surface area contributed by atoms with Crippen LogP contribution in [0.3, 0.4) is 0 Å². The van der Waals surface area contributed by atoms with Crippen LogP contribution in [0.5, 0.6) is 0 Å². The Balaban J connectivity index is 2.10. The molecule has 0 aromatic heterocycles. The third-order valence-electron chi connectivity index (χ3n) is 4.14. The van der Waals surface area contributed by atoms with Crippen LogP contribution in [-0.2, 0) is 0 Å². The van der Waals surface area contributed by atoms with Crippen molar-refractivity contribution in [3.05, 3.63) is 0 Å². The van der Waals surface area contributed by atoms with E-state index in [2.05, 4.69) is 24.1 Å². The number of aliphatic hydroxyl groups is 1. The molecule has 3 nitrogen and oxygen atoms in total. The normalized spacial score (nSPS) is 22.0. The Morgan fingerprint density at radius 1 is 1.28 bits per heavy atom. The average molecular weight is 256 g/mol. The number of piperidine rings is 1. The van der Waals surface area contributed by atoms with E-state index < -0.39 is 0 Å². The highest BCUT2D eigenvalue weighted by molar-refractivity contribution is 4.79. The van der Waals surface area contributed by atoms with Crippen molar-refractivity contribution in [2.24, 2.45) is 5.92 Å². The van der Waals surface area contributed by atoms with Gasteiger partial charge in [0, 0.05) is 6.04 Å². The first-order valence-corrected chi connectivity index (χ1v) is 7.77. The first-order valence-electron chi connectivity index (χ1n) is 7.77. The van der Waals surface area contributed by atoms with E-state index in [0.29, 0.717) is 6.04 Å². The zero-order chi connectivity index (χ0) is 13.4. The molecule has 0 aliphatic carbocycles. The average Bonchev–Trinajstić information content (AvgIpc) is 2.35. The predicted octanol–water partition coefficient (Wildman–Crippen LogP) is 2.25. The van der Waals surface area contributed by atoms with Gasteiger partial charge < -0.3 is 15.3 Å². The molecule has 0 bridgehead atoms. The molecule has 2 atom stereocenters. The van der Waals surface area contributed by atoms with Gasteiger partial charge in [-0.3, -0.25) is 0 Å². The number of nitrogens with zero attached hydrogens (tertiary/aromatic N) is 1. The van der Waals surface area contributed by atoms with Crippen molar-refractivity contribution in [1.29, 1.82) is 0 Å². The topological polar surface area (TPSA) is 35.5 Å². The molecule has 108 valence electrons. The van der Waals surface area contributed by atoms with Gasteiger partial charge in [-0.2, -0.15) is 0 Å². The lowest BCUT2D eigenvalue weighted by Crippen LogP contribution is -2.42. The Morgan fingerprint density at radius 3 is 2.50 bits per heavy atom. The van der Waals surface area contributed by atoms with E-state index in [4.69, 9.17) is 0 Å². The van der Waals surface area contributed by atoms with Gasteiger partial charge in [0.15, 0.2) is 0 Å². The summed E-state index contributed by atoms with van der Waals surface area (Å²) in [4.78, 5) is 2.59. The van der Waals surface area contributed by atoms with Crippen molar-refractivity contribution in [1.82, 2.24) is 10.2 Å². The number of hydrogen-bond acceptors (Lipinski definition) is 3. The third-order valence-corrected chi connectivity index (χ3v) is 4.14. The van der Waals surface area contributed by atoms with Crippen molar-refractivity contribution in [3.8, 4) is 0 Å². The third kappa shape index (κ3) is 6.17. The predicted molar refractivity (Wildman–Crippen MR) is 77.8 cm³/mol. The van der Waals surface area contributed by atoms with Crippen molar-refractivity contribution in [3.63, 3.8) is 0 Å². The van der Waals surface area contributed by atoms with Gasteiger partial charge in [-0.15, -0.1) is 0 Å². The molecule has 0 amide bonds. The van der Waals surface area contributed by atoms with Gasteiger partial charge in [0.1, 0.15) is 0 Å². The van der Waals surface area contributed by atoms with Gasteiger partial charge in [-0.05, 0) is 78.0 Å². The summed E-state index contributed by atoms with van der Waals surface area (Å²) in [5.74, 6) is 0.838. The van der Waals surface area contributed by atoms with Crippen LogP contribution in [0, 0.1) is 5.92 Å². The number of rotatable bonds is 8. The monoisotopic (exact) mass is 256 g/mol. The van der Waals surface area contributed by atoms with E-state index in [0.717, 1.165) is 25.3 Å². The second kappa shape index (κ2) is 8.89. The molecule has 0 spiro atoms. The summed E-state index contributed by atoms with van der Waals surface area (Å²) in [5.41, 5.74) is 0. The molecule has 1 aliphatic heterocycles. The number of nitrogens with one attached hydrogen (secondary N) is 1. The van der Waals surface area contributed by atoms with Gasteiger partial charge in [-0.1, -0.05) is 6.92 Å². The Morgan fingerprint density at radius 2 is 1.94 bits per heavy atom. The molecule has 1 aliphatic rings. The smallest absolute Gasteiger partial charge is 0.0512 e. The largest absolute Gasteiger partial charge is 0.393 e. The molecular weight excluding hydrogens is 224 g/mol. The summed E-state index contributed by atoms with van der Waals surface area (Å²) in [7, 11) is 0. The van der Waals surface area contributed by atoms with E-state index in [1.165, 1.54) is 38.9 Å². The maximum Gasteiger partial charge on any atom is 0.0512 e. The van der Waals surface area contributed by atoms with Crippen LogP contribution in [0.15, 0.2) is 0 Å². The highest BCUT2D eigenvalue weighted by Gasteiger charge is 2.22. The first-order chi connectivity index (χ1) is 8.63. The summed E-state index contributed by atoms with van der Waals surface area (Å²) in [5, 5.41) is 12.8. The fraction of sp³-hybridized carbons (Fsp3) is 1.00. The van der Waals surface area contributed by atoms with Crippen molar-refractivity contribution in [2.75, 3.05) is 26.2 Å². The summed E-state index contributed by atoms with van der Waals surface area (Å²) in [6.45, 7) is 11.3. The fourth-order valence-electron chi connectivity index (χ4n) is 2.89. The fourth-order valence-corrected chi connectivity index (χ4v) is 2.89. The van der Waals surface area contributed by atoms with Gasteiger partial charge >= 0.3 is 0 Å². The standard InChI is InChI=1S/C15H32N2O/c1-4-10-17-11-7-15(8-12-17)14(3)16-9-5-6-13(2)18/h13-16,18H,4-12H2,1-3H3. The minimum Gasteiger partial charge on any atom is -0.393 e. The second-order valence-corrected chi connectivity index (χ2v) is 5.91. The van der Waals surface area contributed by atoms with Crippen molar-refractivity contribution in [2.45, 2.75) is 65.0 Å². The van der Waals surface area contributed by atoms with Crippen LogP contribution in [0.1, 0.15) is 52.9 Å². The molecule has 2 unspecified atom stereocenters. The highest BCUT2D eigenvalue weighted by atomic mass is 16.3. The lowest BCUT2D eigenvalue weighted by molar-refractivity contribution is 0.159. The summed E-state index contributed by atoms with van der Waals surface area (Å²) >= 11 is 0. The molecule has 1 fully saturated rings. The minimum absolute atomic E-state index is 0.153. The second-order valence-electron chi connectivity index (χ2n) is 5.91. The van der Waals surface area contributed by atoms with Gasteiger partial charge in [0.2, 0.25) is 0 Å².